The number of likely N-dealkylation sites (N-methyl/N-ethyl adjacent to an activating group) is 1. The molecule has 1 aliphatic heterocycles. The van der Waals surface area contributed by atoms with Gasteiger partial charge in [-0.25, -0.2) is 0 Å². The maximum absolute atomic E-state index is 5.72. The summed E-state index contributed by atoms with van der Waals surface area (Å²) < 4.78 is 5.72. The van der Waals surface area contributed by atoms with E-state index in [1.54, 1.807) is 11.3 Å². The van der Waals surface area contributed by atoms with Gasteiger partial charge < -0.3 is 4.74 Å². The summed E-state index contributed by atoms with van der Waals surface area (Å²) in [6, 6.07) is 0. The van der Waals surface area contributed by atoms with E-state index >= 15 is 0 Å². The molecule has 15 heavy (non-hydrogen) atoms. The Balaban J connectivity index is 1.69. The molecule has 0 aromatic carbocycles. The highest BCUT2D eigenvalue weighted by molar-refractivity contribution is 7.08. The summed E-state index contributed by atoms with van der Waals surface area (Å²) in [6.07, 6.45) is 0. The van der Waals surface area contributed by atoms with Gasteiger partial charge in [0.15, 0.2) is 0 Å². The molecule has 1 fully saturated rings. The molecule has 1 aromatic rings. The molecule has 1 aliphatic rings. The third kappa shape index (κ3) is 2.93. The van der Waals surface area contributed by atoms with Crippen LogP contribution in [0.15, 0.2) is 10.8 Å². The minimum absolute atomic E-state index is 0.797. The molecule has 0 N–H and O–H groups in total. The van der Waals surface area contributed by atoms with Crippen molar-refractivity contribution in [3.05, 3.63) is 16.3 Å². The van der Waals surface area contributed by atoms with Crippen molar-refractivity contribution in [1.82, 2.24) is 9.80 Å². The van der Waals surface area contributed by atoms with E-state index in [9.17, 15) is 0 Å². The lowest BCUT2D eigenvalue weighted by atomic mass is 10.4. The summed E-state index contributed by atoms with van der Waals surface area (Å²) in [4.78, 5) is 4.75. The van der Waals surface area contributed by atoms with Gasteiger partial charge in [-0.2, -0.15) is 0 Å². The molecular formula is C11H18N2OS. The number of rotatable bonds is 4. The molecule has 0 radical (unpaired) electrons. The molecule has 0 aliphatic carbocycles. The van der Waals surface area contributed by atoms with Crippen molar-refractivity contribution in [2.75, 3.05) is 40.0 Å². The predicted octanol–water partition coefficient (Wildman–Crippen LogP) is 1.64. The molecule has 0 amide bonds. The fourth-order valence-electron chi connectivity index (χ4n) is 1.76. The summed E-state index contributed by atoms with van der Waals surface area (Å²) in [7, 11) is 2.16. The van der Waals surface area contributed by atoms with Crippen molar-refractivity contribution >= 4 is 11.3 Å². The third-order valence-corrected chi connectivity index (χ3v) is 3.55. The van der Waals surface area contributed by atoms with E-state index < -0.39 is 0 Å². The van der Waals surface area contributed by atoms with E-state index in [1.807, 2.05) is 0 Å². The lowest BCUT2D eigenvalue weighted by Crippen LogP contribution is -2.27. The molecule has 1 saturated heterocycles. The Kier molecular flexibility index (Phi) is 3.61. The first-order valence-corrected chi connectivity index (χ1v) is 6.26. The molecule has 0 atom stereocenters. The van der Waals surface area contributed by atoms with Gasteiger partial charge in [-0.05, 0) is 19.4 Å². The first-order valence-electron chi connectivity index (χ1n) is 5.32. The van der Waals surface area contributed by atoms with Crippen LogP contribution in [0.1, 0.15) is 5.56 Å². The Morgan fingerprint density at radius 1 is 1.40 bits per heavy atom. The predicted molar refractivity (Wildman–Crippen MR) is 63.6 cm³/mol. The summed E-state index contributed by atoms with van der Waals surface area (Å²) in [6.45, 7) is 7.34. The average molecular weight is 226 g/mol. The van der Waals surface area contributed by atoms with Crippen molar-refractivity contribution in [2.24, 2.45) is 0 Å². The number of ether oxygens (including phenoxy) is 1. The second kappa shape index (κ2) is 4.96. The Labute approximate surface area is 95.3 Å². The van der Waals surface area contributed by atoms with Crippen LogP contribution in [0.3, 0.4) is 0 Å². The summed E-state index contributed by atoms with van der Waals surface area (Å²) in [5, 5.41) is 4.20. The minimum atomic E-state index is 0.797. The minimum Gasteiger partial charge on any atom is -0.491 e. The van der Waals surface area contributed by atoms with Crippen LogP contribution in [0.25, 0.3) is 0 Å². The maximum Gasteiger partial charge on any atom is 0.132 e. The molecule has 1 aromatic heterocycles. The lowest BCUT2D eigenvalue weighted by molar-refractivity contribution is 0.215. The summed E-state index contributed by atoms with van der Waals surface area (Å²) >= 11 is 1.70. The van der Waals surface area contributed by atoms with Gasteiger partial charge in [-0.3, -0.25) is 9.80 Å². The Morgan fingerprint density at radius 2 is 2.27 bits per heavy atom. The average Bonchev–Trinajstić information content (AvgIpc) is 2.77. The molecule has 0 unspecified atom stereocenters. The van der Waals surface area contributed by atoms with E-state index in [2.05, 4.69) is 34.5 Å². The summed E-state index contributed by atoms with van der Waals surface area (Å²) in [5.41, 5.74) is 1.25. The van der Waals surface area contributed by atoms with Gasteiger partial charge in [0.1, 0.15) is 12.4 Å². The third-order valence-electron chi connectivity index (χ3n) is 2.71. The number of aryl methyl sites for hydroxylation is 1. The van der Waals surface area contributed by atoms with E-state index in [1.165, 1.54) is 18.7 Å². The first kappa shape index (κ1) is 10.9. The van der Waals surface area contributed by atoms with Crippen LogP contribution < -0.4 is 4.74 Å². The fourth-order valence-corrected chi connectivity index (χ4v) is 2.52. The van der Waals surface area contributed by atoms with E-state index in [4.69, 9.17) is 4.74 Å². The smallest absolute Gasteiger partial charge is 0.132 e. The topological polar surface area (TPSA) is 15.7 Å². The van der Waals surface area contributed by atoms with Crippen molar-refractivity contribution in [1.29, 1.82) is 0 Å². The molecule has 4 heteroatoms. The highest BCUT2D eigenvalue weighted by Crippen LogP contribution is 2.21. The number of thiophene rings is 1. The normalized spacial score (nSPS) is 18.5. The van der Waals surface area contributed by atoms with Crippen LogP contribution in [-0.4, -0.2) is 49.8 Å². The Hall–Kier alpha value is -0.580. The molecule has 0 bridgehead atoms. The zero-order valence-electron chi connectivity index (χ0n) is 9.40. The van der Waals surface area contributed by atoms with Crippen LogP contribution >= 0.6 is 11.3 Å². The van der Waals surface area contributed by atoms with Crippen LogP contribution in [-0.2, 0) is 0 Å². The molecule has 2 heterocycles. The van der Waals surface area contributed by atoms with E-state index in [0.717, 1.165) is 25.6 Å². The fraction of sp³-hybridized carbons (Fsp3) is 0.636. The molecule has 3 nitrogen and oxygen atoms in total. The van der Waals surface area contributed by atoms with Crippen LogP contribution in [0.4, 0.5) is 0 Å². The van der Waals surface area contributed by atoms with Crippen molar-refractivity contribution in [3.8, 4) is 5.75 Å². The van der Waals surface area contributed by atoms with Crippen molar-refractivity contribution in [2.45, 2.75) is 6.92 Å². The SMILES string of the molecule is Cc1cscc1OCCN1CCN(C)C1. The second-order valence-corrected chi connectivity index (χ2v) is 4.85. The van der Waals surface area contributed by atoms with Gasteiger partial charge >= 0.3 is 0 Å². The van der Waals surface area contributed by atoms with Crippen LogP contribution in [0.2, 0.25) is 0 Å². The highest BCUT2D eigenvalue weighted by atomic mass is 32.1. The number of hydrogen-bond donors (Lipinski definition) is 0. The van der Waals surface area contributed by atoms with Gasteiger partial charge in [0.2, 0.25) is 0 Å². The second-order valence-electron chi connectivity index (χ2n) is 4.11. The highest BCUT2D eigenvalue weighted by Gasteiger charge is 2.15. The van der Waals surface area contributed by atoms with Gasteiger partial charge in [-0.15, -0.1) is 11.3 Å². The zero-order valence-corrected chi connectivity index (χ0v) is 10.2. The molecule has 2 rings (SSSR count). The Morgan fingerprint density at radius 3 is 2.87 bits per heavy atom. The summed E-state index contributed by atoms with van der Waals surface area (Å²) in [5.74, 6) is 1.05. The molecule has 0 spiro atoms. The monoisotopic (exact) mass is 226 g/mol. The molecule has 0 saturated carbocycles. The molecule has 84 valence electrons. The van der Waals surface area contributed by atoms with Gasteiger partial charge in [0, 0.05) is 30.6 Å². The van der Waals surface area contributed by atoms with Gasteiger partial charge in [0.25, 0.3) is 0 Å². The molecular weight excluding hydrogens is 208 g/mol. The standard InChI is InChI=1S/C11H18N2OS/c1-10-7-15-8-11(10)14-6-5-13-4-3-12(2)9-13/h7-8H,3-6,9H2,1-2H3. The first-order chi connectivity index (χ1) is 7.25. The van der Waals surface area contributed by atoms with E-state index in [-0.39, 0.29) is 0 Å². The zero-order chi connectivity index (χ0) is 10.7. The van der Waals surface area contributed by atoms with Crippen LogP contribution in [0, 0.1) is 6.92 Å². The van der Waals surface area contributed by atoms with Crippen LogP contribution in [0.5, 0.6) is 5.75 Å². The van der Waals surface area contributed by atoms with Gasteiger partial charge in [-0.1, -0.05) is 0 Å². The van der Waals surface area contributed by atoms with Crippen molar-refractivity contribution < 1.29 is 4.74 Å². The van der Waals surface area contributed by atoms with Crippen molar-refractivity contribution in [3.63, 3.8) is 0 Å². The lowest BCUT2D eigenvalue weighted by Gasteiger charge is -2.15. The Bertz CT molecular complexity index is 313. The van der Waals surface area contributed by atoms with Gasteiger partial charge in [0.05, 0.1) is 6.67 Å². The maximum atomic E-state index is 5.72. The largest absolute Gasteiger partial charge is 0.491 e. The number of nitrogens with zero attached hydrogens (tertiary/aromatic N) is 2. The van der Waals surface area contributed by atoms with E-state index in [0.29, 0.717) is 0 Å². The number of hydrogen-bond acceptors (Lipinski definition) is 4. The quantitative estimate of drug-likeness (QED) is 0.776.